The van der Waals surface area contributed by atoms with Gasteiger partial charge >= 0.3 is 0 Å². The quantitative estimate of drug-likeness (QED) is 0.651. The fourth-order valence-corrected chi connectivity index (χ4v) is 1.66. The normalized spacial score (nSPS) is 10.3. The van der Waals surface area contributed by atoms with Gasteiger partial charge in [-0.25, -0.2) is 0 Å². The number of unbranched alkanes of at least 4 members (excludes halogenated alkanes) is 2. The molecule has 0 bridgehead atoms. The van der Waals surface area contributed by atoms with Crippen LogP contribution in [0.1, 0.15) is 32.6 Å². The summed E-state index contributed by atoms with van der Waals surface area (Å²) in [6, 6.07) is 10.7. The molecule has 0 unspecified atom stereocenters. The molecule has 1 rings (SSSR count). The van der Waals surface area contributed by atoms with E-state index in [0.29, 0.717) is 0 Å². The number of rotatable bonds is 7. The standard InChI is InChI=1S/C14H22N/c1-3-5-12-15(13-6-4-2)14-10-8-7-9-11-14/h7-11H,1,3-6,12-13H2,2H3. The highest BCUT2D eigenvalue weighted by molar-refractivity contribution is 5.45. The molecule has 1 nitrogen and oxygen atoms in total. The van der Waals surface area contributed by atoms with Crippen LogP contribution in [0.2, 0.25) is 0 Å². The van der Waals surface area contributed by atoms with Crippen molar-refractivity contribution < 1.29 is 0 Å². The second kappa shape index (κ2) is 7.33. The summed E-state index contributed by atoms with van der Waals surface area (Å²) in [5, 5.41) is 0. The molecule has 1 aromatic rings. The van der Waals surface area contributed by atoms with Crippen LogP contribution in [0, 0.1) is 6.92 Å². The average molecular weight is 204 g/mol. The van der Waals surface area contributed by atoms with E-state index in [2.05, 4.69) is 49.1 Å². The van der Waals surface area contributed by atoms with Crippen LogP contribution in [0.4, 0.5) is 5.69 Å². The maximum Gasteiger partial charge on any atom is 0.0366 e. The monoisotopic (exact) mass is 204 g/mol. The van der Waals surface area contributed by atoms with Gasteiger partial charge in [0.2, 0.25) is 0 Å². The van der Waals surface area contributed by atoms with E-state index < -0.39 is 0 Å². The topological polar surface area (TPSA) is 3.24 Å². The predicted molar refractivity (Wildman–Crippen MR) is 68.2 cm³/mol. The lowest BCUT2D eigenvalue weighted by Crippen LogP contribution is -2.25. The van der Waals surface area contributed by atoms with E-state index in [4.69, 9.17) is 0 Å². The Morgan fingerprint density at radius 2 is 1.73 bits per heavy atom. The second-order valence-corrected chi connectivity index (χ2v) is 3.88. The first-order chi connectivity index (χ1) is 7.38. The molecule has 0 amide bonds. The molecule has 0 aliphatic heterocycles. The molecule has 0 aliphatic rings. The van der Waals surface area contributed by atoms with Gasteiger partial charge in [0.1, 0.15) is 0 Å². The molecule has 0 aliphatic carbocycles. The number of anilines is 1. The van der Waals surface area contributed by atoms with Gasteiger partial charge in [0.05, 0.1) is 0 Å². The van der Waals surface area contributed by atoms with Crippen LogP contribution in [0.5, 0.6) is 0 Å². The van der Waals surface area contributed by atoms with Gasteiger partial charge in [-0.05, 0) is 25.0 Å². The van der Waals surface area contributed by atoms with Crippen molar-refractivity contribution in [2.45, 2.75) is 32.6 Å². The third kappa shape index (κ3) is 4.37. The van der Waals surface area contributed by atoms with Crippen molar-refractivity contribution in [3.8, 4) is 0 Å². The van der Waals surface area contributed by atoms with Crippen molar-refractivity contribution >= 4 is 5.69 Å². The summed E-state index contributed by atoms with van der Waals surface area (Å²) in [4.78, 5) is 2.47. The van der Waals surface area contributed by atoms with E-state index in [1.165, 1.54) is 31.5 Å². The molecule has 1 heteroatoms. The number of hydrogen-bond acceptors (Lipinski definition) is 1. The first-order valence-corrected chi connectivity index (χ1v) is 5.97. The van der Waals surface area contributed by atoms with Gasteiger partial charge in [-0.3, -0.25) is 0 Å². The van der Waals surface area contributed by atoms with Crippen molar-refractivity contribution in [3.63, 3.8) is 0 Å². The summed E-state index contributed by atoms with van der Waals surface area (Å²) in [5.74, 6) is 0. The largest absolute Gasteiger partial charge is 0.372 e. The number of benzene rings is 1. The molecule has 0 aromatic heterocycles. The average Bonchev–Trinajstić information content (AvgIpc) is 2.30. The van der Waals surface area contributed by atoms with Crippen molar-refractivity contribution in [1.82, 2.24) is 0 Å². The molecule has 0 heterocycles. The Morgan fingerprint density at radius 3 is 2.33 bits per heavy atom. The van der Waals surface area contributed by atoms with Gasteiger partial charge in [0.25, 0.3) is 0 Å². The van der Waals surface area contributed by atoms with E-state index in [0.717, 1.165) is 13.0 Å². The molecule has 0 saturated carbocycles. The van der Waals surface area contributed by atoms with Gasteiger partial charge < -0.3 is 4.90 Å². The van der Waals surface area contributed by atoms with Crippen LogP contribution in [0.25, 0.3) is 0 Å². The fraction of sp³-hybridized carbons (Fsp3) is 0.500. The summed E-state index contributed by atoms with van der Waals surface area (Å²) >= 11 is 0. The molecule has 0 fully saturated rings. The van der Waals surface area contributed by atoms with Crippen LogP contribution >= 0.6 is 0 Å². The highest BCUT2D eigenvalue weighted by Gasteiger charge is 2.03. The Morgan fingerprint density at radius 1 is 1.07 bits per heavy atom. The van der Waals surface area contributed by atoms with Crippen molar-refractivity contribution in [2.24, 2.45) is 0 Å². The second-order valence-electron chi connectivity index (χ2n) is 3.88. The highest BCUT2D eigenvalue weighted by Crippen LogP contribution is 2.14. The summed E-state index contributed by atoms with van der Waals surface area (Å²) in [6.07, 6.45) is 4.73. The molecule has 83 valence electrons. The van der Waals surface area contributed by atoms with Crippen LogP contribution in [-0.2, 0) is 0 Å². The highest BCUT2D eigenvalue weighted by atomic mass is 15.1. The van der Waals surface area contributed by atoms with Gasteiger partial charge in [0, 0.05) is 18.8 Å². The maximum absolute atomic E-state index is 3.90. The molecular formula is C14H22N. The first kappa shape index (κ1) is 12.1. The van der Waals surface area contributed by atoms with Crippen molar-refractivity contribution in [2.75, 3.05) is 18.0 Å². The minimum atomic E-state index is 1.02. The molecule has 0 saturated heterocycles. The van der Waals surface area contributed by atoms with Gasteiger partial charge in [-0.2, -0.15) is 0 Å². The zero-order valence-electron chi connectivity index (χ0n) is 9.78. The maximum atomic E-state index is 3.90. The third-order valence-electron chi connectivity index (χ3n) is 2.58. The Kier molecular flexibility index (Phi) is 5.91. The molecule has 0 atom stereocenters. The third-order valence-corrected chi connectivity index (χ3v) is 2.58. The number of para-hydroxylation sites is 1. The molecule has 1 aromatic carbocycles. The Bertz CT molecular complexity index is 235. The molecule has 1 radical (unpaired) electrons. The SMILES string of the molecule is [CH2]CCCN(CCCC)c1ccccc1. The molecule has 15 heavy (non-hydrogen) atoms. The van der Waals surface area contributed by atoms with E-state index in [1.54, 1.807) is 0 Å². The molecule has 0 spiro atoms. The predicted octanol–water partition coefficient (Wildman–Crippen LogP) is 3.91. The Hall–Kier alpha value is -0.980. The molecule has 0 N–H and O–H groups in total. The van der Waals surface area contributed by atoms with E-state index in [1.807, 2.05) is 0 Å². The van der Waals surface area contributed by atoms with Crippen LogP contribution in [0.15, 0.2) is 30.3 Å². The van der Waals surface area contributed by atoms with E-state index >= 15 is 0 Å². The fourth-order valence-electron chi connectivity index (χ4n) is 1.66. The Balaban J connectivity index is 2.55. The van der Waals surface area contributed by atoms with Crippen molar-refractivity contribution in [3.05, 3.63) is 37.3 Å². The lowest BCUT2D eigenvalue weighted by atomic mass is 10.2. The van der Waals surface area contributed by atoms with E-state index in [-0.39, 0.29) is 0 Å². The van der Waals surface area contributed by atoms with Gasteiger partial charge in [0.15, 0.2) is 0 Å². The summed E-state index contributed by atoms with van der Waals surface area (Å²) < 4.78 is 0. The number of nitrogens with zero attached hydrogens (tertiary/aromatic N) is 1. The number of hydrogen-bond donors (Lipinski definition) is 0. The van der Waals surface area contributed by atoms with E-state index in [9.17, 15) is 0 Å². The Labute approximate surface area is 94.1 Å². The van der Waals surface area contributed by atoms with Crippen LogP contribution < -0.4 is 4.90 Å². The zero-order chi connectivity index (χ0) is 10.9. The van der Waals surface area contributed by atoms with Crippen LogP contribution in [0.3, 0.4) is 0 Å². The van der Waals surface area contributed by atoms with Gasteiger partial charge in [-0.1, -0.05) is 44.9 Å². The minimum Gasteiger partial charge on any atom is -0.372 e. The van der Waals surface area contributed by atoms with Gasteiger partial charge in [-0.15, -0.1) is 0 Å². The summed E-state index contributed by atoms with van der Waals surface area (Å²) in [6.45, 7) is 8.45. The molecular weight excluding hydrogens is 182 g/mol. The summed E-state index contributed by atoms with van der Waals surface area (Å²) in [5.41, 5.74) is 1.35. The minimum absolute atomic E-state index is 1.02. The first-order valence-electron chi connectivity index (χ1n) is 5.97. The smallest absolute Gasteiger partial charge is 0.0366 e. The van der Waals surface area contributed by atoms with Crippen LogP contribution in [-0.4, -0.2) is 13.1 Å². The summed E-state index contributed by atoms with van der Waals surface area (Å²) in [7, 11) is 0. The lowest BCUT2D eigenvalue weighted by Gasteiger charge is -2.24. The van der Waals surface area contributed by atoms with Crippen molar-refractivity contribution in [1.29, 1.82) is 0 Å². The zero-order valence-corrected chi connectivity index (χ0v) is 9.78. The lowest BCUT2D eigenvalue weighted by molar-refractivity contribution is 0.689.